The molecule has 0 radical (unpaired) electrons. The van der Waals surface area contributed by atoms with Crippen LogP contribution in [-0.2, 0) is 4.79 Å². The monoisotopic (exact) mass is 419 g/mol. The first-order valence-corrected chi connectivity index (χ1v) is 10.6. The molecule has 0 spiro atoms. The minimum absolute atomic E-state index is 0.0619. The van der Waals surface area contributed by atoms with E-state index < -0.39 is 0 Å². The molecule has 1 atom stereocenters. The molecule has 0 saturated heterocycles. The number of rotatable bonds is 3. The highest BCUT2D eigenvalue weighted by Gasteiger charge is 2.33. The molecule has 3 N–H and O–H groups in total. The Morgan fingerprint density at radius 2 is 1.91 bits per heavy atom. The van der Waals surface area contributed by atoms with Gasteiger partial charge in [0.1, 0.15) is 5.82 Å². The predicted octanol–water partition coefficient (Wildman–Crippen LogP) is 4.24. The van der Waals surface area contributed by atoms with Crippen LogP contribution in [0.15, 0.2) is 84.3 Å². The van der Waals surface area contributed by atoms with Gasteiger partial charge in [0, 0.05) is 30.1 Å². The van der Waals surface area contributed by atoms with Gasteiger partial charge in [0.15, 0.2) is 0 Å². The van der Waals surface area contributed by atoms with Crippen molar-refractivity contribution in [3.8, 4) is 22.5 Å². The number of amides is 1. The first-order valence-electron chi connectivity index (χ1n) is 10.6. The Labute approximate surface area is 185 Å². The Bertz CT molecular complexity index is 1410. The summed E-state index contributed by atoms with van der Waals surface area (Å²) in [5, 5.41) is 6.43. The normalized spacial score (nSPS) is 16.6. The number of nitrogens with one attached hydrogen (secondary N) is 3. The van der Waals surface area contributed by atoms with Crippen molar-refractivity contribution in [3.63, 3.8) is 0 Å². The third kappa shape index (κ3) is 2.84. The SMILES string of the molecule is CC1=CNCC=C1C(=O)NC1c2ccccc2-c2c(-c3nc4ccncc4[nH]3)cccc21. The summed E-state index contributed by atoms with van der Waals surface area (Å²) in [5.74, 6) is 0.736. The van der Waals surface area contributed by atoms with E-state index in [-0.39, 0.29) is 11.9 Å². The lowest BCUT2D eigenvalue weighted by atomic mass is 9.98. The minimum Gasteiger partial charge on any atom is -0.387 e. The molecule has 2 aromatic heterocycles. The second-order valence-corrected chi connectivity index (χ2v) is 8.10. The summed E-state index contributed by atoms with van der Waals surface area (Å²) >= 11 is 0. The van der Waals surface area contributed by atoms with Gasteiger partial charge in [0.25, 0.3) is 5.91 Å². The van der Waals surface area contributed by atoms with Crippen LogP contribution < -0.4 is 10.6 Å². The number of nitrogens with zero attached hydrogens (tertiary/aromatic N) is 2. The van der Waals surface area contributed by atoms with Crippen molar-refractivity contribution in [2.45, 2.75) is 13.0 Å². The Morgan fingerprint density at radius 1 is 1.06 bits per heavy atom. The summed E-state index contributed by atoms with van der Waals surface area (Å²) in [6.07, 6.45) is 7.36. The molecular formula is C26H21N5O. The number of fused-ring (bicyclic) bond motifs is 4. The van der Waals surface area contributed by atoms with Crippen LogP contribution in [0, 0.1) is 0 Å². The fraction of sp³-hybridized carbons (Fsp3) is 0.115. The summed E-state index contributed by atoms with van der Waals surface area (Å²) in [5.41, 5.74) is 8.84. The molecule has 6 heteroatoms. The van der Waals surface area contributed by atoms with E-state index in [1.54, 1.807) is 12.4 Å². The van der Waals surface area contributed by atoms with Crippen LogP contribution >= 0.6 is 0 Å². The smallest absolute Gasteiger partial charge is 0.252 e. The molecule has 0 saturated carbocycles. The van der Waals surface area contributed by atoms with Crippen LogP contribution in [-0.4, -0.2) is 27.4 Å². The number of aromatic amines is 1. The molecule has 1 amide bonds. The number of aromatic nitrogens is 3. The van der Waals surface area contributed by atoms with E-state index in [1.165, 1.54) is 0 Å². The van der Waals surface area contributed by atoms with Crippen molar-refractivity contribution in [1.29, 1.82) is 0 Å². The molecule has 4 aromatic rings. The molecule has 32 heavy (non-hydrogen) atoms. The van der Waals surface area contributed by atoms with Gasteiger partial charge < -0.3 is 15.6 Å². The van der Waals surface area contributed by atoms with Crippen molar-refractivity contribution >= 4 is 16.9 Å². The van der Waals surface area contributed by atoms with Crippen LogP contribution in [0.25, 0.3) is 33.5 Å². The lowest BCUT2D eigenvalue weighted by Gasteiger charge is -2.19. The number of hydrogen-bond donors (Lipinski definition) is 3. The fourth-order valence-electron chi connectivity index (χ4n) is 4.68. The maximum atomic E-state index is 13.2. The van der Waals surface area contributed by atoms with E-state index in [4.69, 9.17) is 4.98 Å². The van der Waals surface area contributed by atoms with Crippen molar-refractivity contribution in [3.05, 3.63) is 95.5 Å². The zero-order chi connectivity index (χ0) is 21.7. The summed E-state index contributed by atoms with van der Waals surface area (Å²) in [6, 6.07) is 16.1. The first kappa shape index (κ1) is 18.6. The van der Waals surface area contributed by atoms with E-state index >= 15 is 0 Å². The van der Waals surface area contributed by atoms with Gasteiger partial charge in [-0.15, -0.1) is 0 Å². The maximum Gasteiger partial charge on any atom is 0.252 e. The van der Waals surface area contributed by atoms with Crippen LogP contribution in [0.1, 0.15) is 24.1 Å². The zero-order valence-electron chi connectivity index (χ0n) is 17.5. The second kappa shape index (κ2) is 7.20. The lowest BCUT2D eigenvalue weighted by Crippen LogP contribution is -2.31. The number of benzene rings is 2. The largest absolute Gasteiger partial charge is 0.387 e. The van der Waals surface area contributed by atoms with Gasteiger partial charge in [-0.2, -0.15) is 0 Å². The number of carbonyl (C=O) groups is 1. The highest BCUT2D eigenvalue weighted by molar-refractivity contribution is 6.00. The third-order valence-electron chi connectivity index (χ3n) is 6.17. The maximum absolute atomic E-state index is 13.2. The molecule has 156 valence electrons. The number of hydrogen-bond acceptors (Lipinski definition) is 4. The third-order valence-corrected chi connectivity index (χ3v) is 6.17. The molecule has 1 aliphatic heterocycles. The van der Waals surface area contributed by atoms with Gasteiger partial charge >= 0.3 is 0 Å². The van der Waals surface area contributed by atoms with Crippen molar-refractivity contribution in [1.82, 2.24) is 25.6 Å². The molecule has 6 rings (SSSR count). The van der Waals surface area contributed by atoms with Gasteiger partial charge in [-0.05, 0) is 40.8 Å². The van der Waals surface area contributed by atoms with Gasteiger partial charge in [0.2, 0.25) is 0 Å². The van der Waals surface area contributed by atoms with E-state index in [0.717, 1.165) is 55.8 Å². The Morgan fingerprint density at radius 3 is 2.78 bits per heavy atom. The molecule has 1 unspecified atom stereocenters. The number of pyridine rings is 1. The molecule has 0 fully saturated rings. The number of carbonyl (C=O) groups excluding carboxylic acids is 1. The van der Waals surface area contributed by atoms with E-state index in [0.29, 0.717) is 6.54 Å². The molecular weight excluding hydrogens is 398 g/mol. The van der Waals surface area contributed by atoms with Crippen LogP contribution in [0.3, 0.4) is 0 Å². The lowest BCUT2D eigenvalue weighted by molar-refractivity contribution is -0.117. The Hall–Kier alpha value is -4.19. The second-order valence-electron chi connectivity index (χ2n) is 8.10. The number of H-pyrrole nitrogens is 1. The van der Waals surface area contributed by atoms with Crippen molar-refractivity contribution in [2.75, 3.05) is 6.54 Å². The average molecular weight is 419 g/mol. The van der Waals surface area contributed by atoms with E-state index in [2.05, 4.69) is 44.9 Å². The molecule has 6 nitrogen and oxygen atoms in total. The first-order chi connectivity index (χ1) is 15.7. The van der Waals surface area contributed by atoms with E-state index in [9.17, 15) is 4.79 Å². The minimum atomic E-state index is -0.219. The zero-order valence-corrected chi connectivity index (χ0v) is 17.5. The highest BCUT2D eigenvalue weighted by Crippen LogP contribution is 2.47. The summed E-state index contributed by atoms with van der Waals surface area (Å²) in [7, 11) is 0. The Kier molecular flexibility index (Phi) is 4.18. The topological polar surface area (TPSA) is 82.7 Å². The van der Waals surface area contributed by atoms with Crippen LogP contribution in [0.4, 0.5) is 0 Å². The molecule has 1 aliphatic carbocycles. The molecule has 2 aromatic carbocycles. The van der Waals surface area contributed by atoms with Gasteiger partial charge in [0.05, 0.1) is 23.3 Å². The number of imidazole rings is 1. The van der Waals surface area contributed by atoms with Crippen molar-refractivity contribution < 1.29 is 4.79 Å². The highest BCUT2D eigenvalue weighted by atomic mass is 16.1. The Balaban J connectivity index is 1.47. The van der Waals surface area contributed by atoms with Crippen LogP contribution in [0.2, 0.25) is 0 Å². The summed E-state index contributed by atoms with van der Waals surface area (Å²) in [6.45, 7) is 2.60. The molecule has 3 heterocycles. The van der Waals surface area contributed by atoms with Gasteiger partial charge in [-0.1, -0.05) is 48.5 Å². The van der Waals surface area contributed by atoms with Gasteiger partial charge in [-0.3, -0.25) is 9.78 Å². The molecule has 2 aliphatic rings. The van der Waals surface area contributed by atoms with Crippen molar-refractivity contribution in [2.24, 2.45) is 0 Å². The van der Waals surface area contributed by atoms with Crippen LogP contribution in [0.5, 0.6) is 0 Å². The van der Waals surface area contributed by atoms with E-state index in [1.807, 2.05) is 43.5 Å². The standard InChI is InChI=1S/C26H21N5O/c1-15-13-27-11-9-16(15)26(32)31-24-18-6-3-2-5-17(18)23-19(24)7-4-8-20(23)25-29-21-10-12-28-14-22(21)30-25/h2-10,12-14,24,27H,11H2,1H3,(H,29,30)(H,31,32). The van der Waals surface area contributed by atoms with Gasteiger partial charge in [-0.25, -0.2) is 4.98 Å². The summed E-state index contributed by atoms with van der Waals surface area (Å²) < 4.78 is 0. The molecule has 0 bridgehead atoms. The predicted molar refractivity (Wildman–Crippen MR) is 125 cm³/mol. The average Bonchev–Trinajstić information content (AvgIpc) is 3.39. The quantitative estimate of drug-likeness (QED) is 0.464. The fourth-order valence-corrected chi connectivity index (χ4v) is 4.68. The number of dihydropyridines is 1. The summed E-state index contributed by atoms with van der Waals surface area (Å²) in [4.78, 5) is 25.6.